The third-order valence-electron chi connectivity index (χ3n) is 2.62. The van der Waals surface area contributed by atoms with Crippen LogP contribution in [0.4, 0.5) is 10.1 Å². The number of benzene rings is 1. The van der Waals surface area contributed by atoms with Crippen molar-refractivity contribution in [3.05, 3.63) is 53.1 Å². The summed E-state index contributed by atoms with van der Waals surface area (Å²) in [5, 5.41) is 4.32. The molecule has 0 spiro atoms. The molecule has 0 aliphatic carbocycles. The van der Waals surface area contributed by atoms with Gasteiger partial charge in [-0.05, 0) is 46.3 Å². The smallest absolute Gasteiger partial charge is 0.169 e. The number of nitrogen functional groups attached to an aromatic ring is 1. The summed E-state index contributed by atoms with van der Waals surface area (Å²) in [6, 6.07) is 9.65. The lowest BCUT2D eigenvalue weighted by atomic mass is 10.3. The summed E-state index contributed by atoms with van der Waals surface area (Å²) < 4.78 is 20.7. The maximum atomic E-state index is 13.2. The molecule has 6 heteroatoms. The highest BCUT2D eigenvalue weighted by Gasteiger charge is 2.13. The molecule has 4 nitrogen and oxygen atoms in total. The van der Waals surface area contributed by atoms with Crippen LogP contribution in [0.15, 0.2) is 51.7 Å². The van der Waals surface area contributed by atoms with Crippen LogP contribution in [0.1, 0.15) is 0 Å². The van der Waals surface area contributed by atoms with Gasteiger partial charge >= 0.3 is 0 Å². The summed E-state index contributed by atoms with van der Waals surface area (Å²) in [5.41, 5.74) is 7.49. The largest absolute Gasteiger partial charge is 0.448 e. The second kappa shape index (κ2) is 4.55. The molecule has 2 aromatic heterocycles. The van der Waals surface area contributed by atoms with Crippen molar-refractivity contribution in [3.8, 4) is 17.1 Å². The predicted molar refractivity (Wildman–Crippen MR) is 73.3 cm³/mol. The van der Waals surface area contributed by atoms with E-state index in [9.17, 15) is 4.39 Å². The first kappa shape index (κ1) is 12.0. The predicted octanol–water partition coefficient (Wildman–Crippen LogP) is 3.62. The van der Waals surface area contributed by atoms with Crippen LogP contribution in [0, 0.1) is 5.82 Å². The van der Waals surface area contributed by atoms with Gasteiger partial charge in [-0.25, -0.2) is 9.07 Å². The number of nitrogens with zero attached hydrogens (tertiary/aromatic N) is 2. The number of aromatic nitrogens is 2. The Balaban J connectivity index is 2.06. The number of rotatable bonds is 2. The fraction of sp³-hybridized carbons (Fsp3) is 0. The molecule has 0 radical (unpaired) electrons. The zero-order valence-electron chi connectivity index (χ0n) is 9.68. The van der Waals surface area contributed by atoms with Gasteiger partial charge in [0.2, 0.25) is 0 Å². The molecular formula is C13H9BrFN3O. The van der Waals surface area contributed by atoms with Crippen molar-refractivity contribution in [3.63, 3.8) is 0 Å². The Labute approximate surface area is 116 Å². The van der Waals surface area contributed by atoms with Gasteiger partial charge in [-0.3, -0.25) is 0 Å². The van der Waals surface area contributed by atoms with E-state index in [0.717, 1.165) is 0 Å². The second-order valence-electron chi connectivity index (χ2n) is 3.96. The highest BCUT2D eigenvalue weighted by Crippen LogP contribution is 2.28. The third kappa shape index (κ3) is 2.26. The molecule has 1 aromatic carbocycles. The molecule has 0 bridgehead atoms. The number of hydrogen-bond acceptors (Lipinski definition) is 3. The van der Waals surface area contributed by atoms with Crippen LogP contribution in [0.25, 0.3) is 17.1 Å². The highest BCUT2D eigenvalue weighted by molar-refractivity contribution is 9.10. The van der Waals surface area contributed by atoms with Crippen molar-refractivity contribution in [2.75, 3.05) is 5.73 Å². The van der Waals surface area contributed by atoms with Crippen LogP contribution >= 0.6 is 15.9 Å². The van der Waals surface area contributed by atoms with Gasteiger partial charge in [-0.2, -0.15) is 5.10 Å². The van der Waals surface area contributed by atoms with Gasteiger partial charge in [0.15, 0.2) is 16.1 Å². The second-order valence-corrected chi connectivity index (χ2v) is 4.74. The molecule has 0 aliphatic heterocycles. The van der Waals surface area contributed by atoms with Crippen LogP contribution in [-0.4, -0.2) is 9.78 Å². The molecule has 3 aromatic rings. The van der Waals surface area contributed by atoms with Crippen LogP contribution < -0.4 is 5.73 Å². The lowest BCUT2D eigenvalue weighted by Gasteiger charge is -2.00. The molecule has 0 atom stereocenters. The minimum atomic E-state index is -0.325. The quantitative estimate of drug-likeness (QED) is 0.784. The Morgan fingerprint density at radius 1 is 1.26 bits per heavy atom. The van der Waals surface area contributed by atoms with E-state index >= 15 is 0 Å². The molecule has 2 heterocycles. The molecule has 3 rings (SSSR count). The zero-order valence-corrected chi connectivity index (χ0v) is 11.3. The van der Waals surface area contributed by atoms with Crippen molar-refractivity contribution in [1.82, 2.24) is 9.78 Å². The van der Waals surface area contributed by atoms with Gasteiger partial charge in [0, 0.05) is 0 Å². The van der Waals surface area contributed by atoms with E-state index in [1.54, 1.807) is 30.5 Å². The number of furan rings is 1. The standard InChI is InChI=1S/C13H9BrFN3O/c14-12-5-4-11(19-12)13-10(16)7-18(17-13)9-3-1-2-8(15)6-9/h1-7H,16H2. The molecule has 96 valence electrons. The van der Waals surface area contributed by atoms with Gasteiger partial charge in [-0.15, -0.1) is 0 Å². The molecule has 0 fully saturated rings. The average molecular weight is 322 g/mol. The van der Waals surface area contributed by atoms with Crippen LogP contribution in [-0.2, 0) is 0 Å². The van der Waals surface area contributed by atoms with Gasteiger partial charge in [0.05, 0.1) is 17.6 Å². The topological polar surface area (TPSA) is 57.0 Å². The summed E-state index contributed by atoms with van der Waals surface area (Å²) in [7, 11) is 0. The number of hydrogen-bond donors (Lipinski definition) is 1. The third-order valence-corrected chi connectivity index (χ3v) is 3.05. The highest BCUT2D eigenvalue weighted by atomic mass is 79.9. The Morgan fingerprint density at radius 2 is 2.11 bits per heavy atom. The lowest BCUT2D eigenvalue weighted by Crippen LogP contribution is -1.95. The van der Waals surface area contributed by atoms with Crippen molar-refractivity contribution >= 4 is 21.6 Å². The molecule has 0 unspecified atom stereocenters. The summed E-state index contributed by atoms with van der Waals surface area (Å²) in [5.74, 6) is 0.230. The average Bonchev–Trinajstić information content (AvgIpc) is 2.95. The Morgan fingerprint density at radius 3 is 2.79 bits per heavy atom. The Kier molecular flexibility index (Phi) is 2.87. The summed E-state index contributed by atoms with van der Waals surface area (Å²) in [6.07, 6.45) is 1.63. The fourth-order valence-corrected chi connectivity index (χ4v) is 2.08. The fourth-order valence-electron chi connectivity index (χ4n) is 1.77. The van der Waals surface area contributed by atoms with E-state index in [1.165, 1.54) is 16.8 Å². The monoisotopic (exact) mass is 321 g/mol. The van der Waals surface area contributed by atoms with E-state index < -0.39 is 0 Å². The number of anilines is 1. The van der Waals surface area contributed by atoms with Gasteiger partial charge < -0.3 is 10.2 Å². The molecule has 0 saturated carbocycles. The summed E-state index contributed by atoms with van der Waals surface area (Å²) in [4.78, 5) is 0. The van der Waals surface area contributed by atoms with E-state index in [0.29, 0.717) is 27.5 Å². The van der Waals surface area contributed by atoms with Crippen molar-refractivity contribution < 1.29 is 8.81 Å². The molecule has 0 saturated heterocycles. The maximum Gasteiger partial charge on any atom is 0.169 e. The maximum absolute atomic E-state index is 13.2. The normalized spacial score (nSPS) is 10.8. The van der Waals surface area contributed by atoms with Gasteiger partial charge in [-0.1, -0.05) is 6.07 Å². The molecule has 0 amide bonds. The van der Waals surface area contributed by atoms with Crippen LogP contribution in [0.2, 0.25) is 0 Å². The molecule has 2 N–H and O–H groups in total. The van der Waals surface area contributed by atoms with E-state index in [1.807, 2.05) is 0 Å². The molecule has 0 aliphatic rings. The van der Waals surface area contributed by atoms with Gasteiger partial charge in [0.1, 0.15) is 5.82 Å². The number of nitrogens with two attached hydrogens (primary N) is 1. The van der Waals surface area contributed by atoms with E-state index in [4.69, 9.17) is 10.2 Å². The Hall–Kier alpha value is -2.08. The van der Waals surface area contributed by atoms with E-state index in [2.05, 4.69) is 21.0 Å². The SMILES string of the molecule is Nc1cn(-c2cccc(F)c2)nc1-c1ccc(Br)o1. The summed E-state index contributed by atoms with van der Waals surface area (Å²) in [6.45, 7) is 0. The van der Waals surface area contributed by atoms with Gasteiger partial charge in [0.25, 0.3) is 0 Å². The first-order valence-electron chi connectivity index (χ1n) is 5.50. The minimum absolute atomic E-state index is 0.325. The van der Waals surface area contributed by atoms with E-state index in [-0.39, 0.29) is 5.82 Å². The first-order valence-corrected chi connectivity index (χ1v) is 6.29. The van der Waals surface area contributed by atoms with Crippen molar-refractivity contribution in [2.45, 2.75) is 0 Å². The van der Waals surface area contributed by atoms with Crippen LogP contribution in [0.5, 0.6) is 0 Å². The lowest BCUT2D eigenvalue weighted by molar-refractivity contribution is 0.553. The Bertz CT molecular complexity index is 735. The minimum Gasteiger partial charge on any atom is -0.448 e. The molecule has 19 heavy (non-hydrogen) atoms. The van der Waals surface area contributed by atoms with Crippen molar-refractivity contribution in [1.29, 1.82) is 0 Å². The van der Waals surface area contributed by atoms with Crippen molar-refractivity contribution in [2.24, 2.45) is 0 Å². The molecular weight excluding hydrogens is 313 g/mol. The first-order chi connectivity index (χ1) is 9.13. The number of halogens is 2. The van der Waals surface area contributed by atoms with Crippen LogP contribution in [0.3, 0.4) is 0 Å². The summed E-state index contributed by atoms with van der Waals surface area (Å²) >= 11 is 3.22. The zero-order chi connectivity index (χ0) is 13.4.